The van der Waals surface area contributed by atoms with Crippen LogP contribution in [0.2, 0.25) is 0 Å². The van der Waals surface area contributed by atoms with Crippen molar-refractivity contribution in [1.82, 2.24) is 5.32 Å². The van der Waals surface area contributed by atoms with Crippen molar-refractivity contribution < 1.29 is 19.1 Å². The Kier molecular flexibility index (Phi) is 4.24. The average molecular weight is 293 g/mol. The second kappa shape index (κ2) is 5.92. The van der Waals surface area contributed by atoms with E-state index in [0.29, 0.717) is 6.42 Å². The highest BCUT2D eigenvalue weighted by atomic mass is 32.1. The van der Waals surface area contributed by atoms with Crippen LogP contribution in [0.1, 0.15) is 27.1 Å². The molecule has 0 bridgehead atoms. The number of amides is 1. The molecule has 1 amide bonds. The van der Waals surface area contributed by atoms with E-state index in [1.54, 1.807) is 12.2 Å². The number of rotatable bonds is 3. The van der Waals surface area contributed by atoms with Gasteiger partial charge in [-0.25, -0.2) is 9.18 Å². The smallest absolute Gasteiger partial charge is 0.336 e. The van der Waals surface area contributed by atoms with Crippen LogP contribution in [-0.4, -0.2) is 23.0 Å². The molecule has 0 heterocycles. The Labute approximate surface area is 120 Å². The van der Waals surface area contributed by atoms with E-state index in [1.165, 1.54) is 12.1 Å². The summed E-state index contributed by atoms with van der Waals surface area (Å²) in [5.74, 6) is -2.94. The Hall–Kier alpha value is -2.08. The molecule has 0 fully saturated rings. The summed E-state index contributed by atoms with van der Waals surface area (Å²) < 4.78 is 13.7. The van der Waals surface area contributed by atoms with E-state index >= 15 is 0 Å². The number of allylic oxidation sites excluding steroid dienone is 1. The molecule has 1 aliphatic rings. The summed E-state index contributed by atoms with van der Waals surface area (Å²) in [7, 11) is 0. The lowest BCUT2D eigenvalue weighted by molar-refractivity contribution is 0.0689. The van der Waals surface area contributed by atoms with Crippen LogP contribution in [0.3, 0.4) is 0 Å². The number of nitrogens with one attached hydrogen (secondary N) is 1. The molecular formula is C14H12FNO3S. The summed E-state index contributed by atoms with van der Waals surface area (Å²) in [4.78, 5) is 23.9. The monoisotopic (exact) mass is 293 g/mol. The Balaban J connectivity index is 2.22. The minimum atomic E-state index is -1.34. The Morgan fingerprint density at radius 2 is 2.15 bits per heavy atom. The molecule has 104 valence electrons. The van der Waals surface area contributed by atoms with Gasteiger partial charge in [0.05, 0.1) is 17.2 Å². The minimum absolute atomic E-state index is 0.306. The lowest BCUT2D eigenvalue weighted by Crippen LogP contribution is -2.35. The third-order valence-corrected chi connectivity index (χ3v) is 3.20. The van der Waals surface area contributed by atoms with Crippen molar-refractivity contribution >= 4 is 24.5 Å². The van der Waals surface area contributed by atoms with Gasteiger partial charge in [-0.3, -0.25) is 4.79 Å². The van der Waals surface area contributed by atoms with E-state index < -0.39 is 23.3 Å². The molecule has 1 aromatic rings. The van der Waals surface area contributed by atoms with Crippen molar-refractivity contribution in [2.75, 3.05) is 0 Å². The van der Waals surface area contributed by atoms with Crippen LogP contribution >= 0.6 is 12.6 Å². The first kappa shape index (κ1) is 14.3. The lowest BCUT2D eigenvalue weighted by Gasteiger charge is -2.17. The zero-order valence-electron chi connectivity index (χ0n) is 10.3. The van der Waals surface area contributed by atoms with Gasteiger partial charge < -0.3 is 10.4 Å². The second-order valence-corrected chi connectivity index (χ2v) is 4.79. The van der Waals surface area contributed by atoms with Gasteiger partial charge in [0.15, 0.2) is 0 Å². The van der Waals surface area contributed by atoms with Gasteiger partial charge in [0.25, 0.3) is 5.91 Å². The number of aromatic carboxylic acids is 1. The number of carboxylic acid groups (broad SMARTS) is 1. The molecule has 1 aliphatic carbocycles. The van der Waals surface area contributed by atoms with Crippen LogP contribution in [-0.2, 0) is 0 Å². The number of hydrogen-bond donors (Lipinski definition) is 3. The van der Waals surface area contributed by atoms with Gasteiger partial charge in [0, 0.05) is 0 Å². The summed E-state index contributed by atoms with van der Waals surface area (Å²) in [6.07, 6.45) is 5.78. The van der Waals surface area contributed by atoms with Crippen LogP contribution in [0.4, 0.5) is 4.39 Å². The number of benzene rings is 1. The maximum atomic E-state index is 13.7. The molecule has 1 unspecified atom stereocenters. The molecule has 0 radical (unpaired) electrons. The predicted octanol–water partition coefficient (Wildman–Crippen LogP) is 2.40. The molecule has 20 heavy (non-hydrogen) atoms. The standard InChI is InChI=1S/C14H12FNO3S/c15-11-3-1-2-10(14(18)19)12(11)13(17)16-8-4-6-9(20)7-5-8/h1-4,6-8,20H,5H2,(H,16,17)(H,18,19). The maximum absolute atomic E-state index is 13.7. The Morgan fingerprint density at radius 1 is 1.40 bits per heavy atom. The van der Waals surface area contributed by atoms with E-state index in [9.17, 15) is 14.0 Å². The number of thiol groups is 1. The van der Waals surface area contributed by atoms with Crippen molar-refractivity contribution in [2.45, 2.75) is 12.5 Å². The SMILES string of the molecule is O=C(O)c1cccc(F)c1C(=O)NC1C=CC(S)=CC1. The quantitative estimate of drug-likeness (QED) is 0.750. The topological polar surface area (TPSA) is 66.4 Å². The molecule has 0 saturated carbocycles. The normalized spacial score (nSPS) is 17.5. The first-order valence-corrected chi connectivity index (χ1v) is 6.33. The fourth-order valence-electron chi connectivity index (χ4n) is 1.89. The first-order valence-electron chi connectivity index (χ1n) is 5.89. The summed E-state index contributed by atoms with van der Waals surface area (Å²) in [5, 5.41) is 11.6. The van der Waals surface area contributed by atoms with Crippen molar-refractivity contribution in [3.05, 3.63) is 58.3 Å². The van der Waals surface area contributed by atoms with E-state index in [2.05, 4.69) is 17.9 Å². The van der Waals surface area contributed by atoms with Crippen LogP contribution in [0.15, 0.2) is 41.3 Å². The van der Waals surface area contributed by atoms with Gasteiger partial charge in [0.1, 0.15) is 5.82 Å². The highest BCUT2D eigenvalue weighted by Crippen LogP contribution is 2.17. The Morgan fingerprint density at radius 3 is 2.75 bits per heavy atom. The average Bonchev–Trinajstić information content (AvgIpc) is 2.40. The summed E-state index contributed by atoms with van der Waals surface area (Å²) in [6.45, 7) is 0. The van der Waals surface area contributed by atoms with Gasteiger partial charge in [0.2, 0.25) is 0 Å². The molecule has 0 spiro atoms. The number of carboxylic acids is 1. The molecule has 1 aromatic carbocycles. The van der Waals surface area contributed by atoms with E-state index in [4.69, 9.17) is 5.11 Å². The van der Waals surface area contributed by atoms with Crippen LogP contribution in [0, 0.1) is 5.82 Å². The van der Waals surface area contributed by atoms with Crippen molar-refractivity contribution in [3.8, 4) is 0 Å². The van der Waals surface area contributed by atoms with Crippen molar-refractivity contribution in [2.24, 2.45) is 0 Å². The third kappa shape index (κ3) is 3.08. The van der Waals surface area contributed by atoms with Gasteiger partial charge in [-0.2, -0.15) is 0 Å². The van der Waals surface area contributed by atoms with Gasteiger partial charge in [-0.05, 0) is 23.5 Å². The fraction of sp³-hybridized carbons (Fsp3) is 0.143. The van der Waals surface area contributed by atoms with Crippen LogP contribution in [0.25, 0.3) is 0 Å². The molecule has 6 heteroatoms. The van der Waals surface area contributed by atoms with Crippen molar-refractivity contribution in [3.63, 3.8) is 0 Å². The molecule has 0 aliphatic heterocycles. The van der Waals surface area contributed by atoms with Crippen LogP contribution < -0.4 is 5.32 Å². The molecule has 0 aromatic heterocycles. The molecule has 2 rings (SSSR count). The van der Waals surface area contributed by atoms with Gasteiger partial charge in [-0.1, -0.05) is 24.3 Å². The molecule has 4 nitrogen and oxygen atoms in total. The van der Waals surface area contributed by atoms with E-state index in [1.807, 2.05) is 6.08 Å². The lowest BCUT2D eigenvalue weighted by atomic mass is 10.0. The highest BCUT2D eigenvalue weighted by Gasteiger charge is 2.22. The van der Waals surface area contributed by atoms with Crippen LogP contribution in [0.5, 0.6) is 0 Å². The van der Waals surface area contributed by atoms with Crippen molar-refractivity contribution in [1.29, 1.82) is 0 Å². The minimum Gasteiger partial charge on any atom is -0.478 e. The summed E-state index contributed by atoms with van der Waals surface area (Å²) in [6, 6.07) is 3.21. The number of halogens is 1. The zero-order chi connectivity index (χ0) is 14.7. The summed E-state index contributed by atoms with van der Waals surface area (Å²) in [5.41, 5.74) is -0.804. The Bertz CT molecular complexity index is 625. The molecule has 1 atom stereocenters. The fourth-order valence-corrected chi connectivity index (χ4v) is 2.08. The zero-order valence-corrected chi connectivity index (χ0v) is 11.2. The maximum Gasteiger partial charge on any atom is 0.336 e. The second-order valence-electron chi connectivity index (χ2n) is 4.27. The van der Waals surface area contributed by atoms with Gasteiger partial charge >= 0.3 is 5.97 Å². The number of carbonyl (C=O) groups excluding carboxylic acids is 1. The number of carbonyl (C=O) groups is 2. The third-order valence-electron chi connectivity index (χ3n) is 2.87. The van der Waals surface area contributed by atoms with E-state index in [0.717, 1.165) is 11.0 Å². The highest BCUT2D eigenvalue weighted by molar-refractivity contribution is 7.84. The number of hydrogen-bond acceptors (Lipinski definition) is 3. The first-order chi connectivity index (χ1) is 9.49. The largest absolute Gasteiger partial charge is 0.478 e. The summed E-state index contributed by atoms with van der Waals surface area (Å²) >= 11 is 4.15. The van der Waals surface area contributed by atoms with E-state index in [-0.39, 0.29) is 11.6 Å². The molecule has 0 saturated heterocycles. The molecular weight excluding hydrogens is 281 g/mol. The predicted molar refractivity (Wildman–Crippen MR) is 75.4 cm³/mol. The molecule has 2 N–H and O–H groups in total. The van der Waals surface area contributed by atoms with Gasteiger partial charge in [-0.15, -0.1) is 12.6 Å².